The second kappa shape index (κ2) is 3.46. The fourth-order valence-corrected chi connectivity index (χ4v) is 7.68. The van der Waals surface area contributed by atoms with Crippen molar-refractivity contribution >= 4 is 16.6 Å². The maximum absolute atomic E-state index is 2.53. The van der Waals surface area contributed by atoms with Gasteiger partial charge in [-0.05, 0) is 0 Å². The monoisotopic (exact) mass is 146 g/mol. The van der Waals surface area contributed by atoms with Gasteiger partial charge in [-0.3, -0.25) is 0 Å². The lowest BCUT2D eigenvalue weighted by molar-refractivity contribution is 1.38. The molecule has 0 aliphatic heterocycles. The van der Waals surface area contributed by atoms with E-state index in [0.717, 1.165) is 0 Å². The molecule has 0 atom stereocenters. The molecule has 0 saturated heterocycles. The van der Waals surface area contributed by atoms with E-state index in [9.17, 15) is 0 Å². The molecule has 0 aliphatic carbocycles. The highest BCUT2D eigenvalue weighted by Crippen LogP contribution is 2.06. The van der Waals surface area contributed by atoms with E-state index in [1.165, 1.54) is 12.1 Å². The summed E-state index contributed by atoms with van der Waals surface area (Å²) < 4.78 is 0. The summed E-state index contributed by atoms with van der Waals surface area (Å²) >= 11 is 0. The largest absolute Gasteiger partial charge is 0.0718 e. The second-order valence-corrected chi connectivity index (χ2v) is 17.0. The van der Waals surface area contributed by atoms with Crippen LogP contribution < -0.4 is 0 Å². The normalized spacial score (nSPS) is 13.5. The Hall–Kier alpha value is 0.434. The van der Waals surface area contributed by atoms with Gasteiger partial charge in [-0.25, -0.2) is 0 Å². The molecule has 0 amide bonds. The summed E-state index contributed by atoms with van der Waals surface area (Å²) in [5.41, 5.74) is 0. The smallest absolute Gasteiger partial charge is 0.0337 e. The molecule has 0 aromatic heterocycles. The molecule has 0 nitrogen and oxygen atoms in total. The van der Waals surface area contributed by atoms with Crippen molar-refractivity contribution in [3.05, 3.63) is 0 Å². The fourth-order valence-electron chi connectivity index (χ4n) is 0.854. The highest BCUT2D eigenvalue weighted by Gasteiger charge is 2.15. The lowest BCUT2D eigenvalue weighted by atomic mass is 11.0. The molecule has 8 heavy (non-hydrogen) atoms. The van der Waals surface area contributed by atoms with Crippen molar-refractivity contribution in [1.29, 1.82) is 0 Å². The van der Waals surface area contributed by atoms with Crippen molar-refractivity contribution in [1.82, 2.24) is 0 Å². The third kappa shape index (κ3) is 3.44. The van der Waals surface area contributed by atoms with Crippen LogP contribution in [0.4, 0.5) is 0 Å². The number of hydrogen-bond donors (Lipinski definition) is 0. The Labute approximate surface area is 56.3 Å². The van der Waals surface area contributed by atoms with E-state index in [1.807, 2.05) is 0 Å². The molecule has 0 heterocycles. The van der Waals surface area contributed by atoms with Crippen LogP contribution in [0.15, 0.2) is 0 Å². The Balaban J connectivity index is 3.37. The Morgan fingerprint density at radius 2 is 1.75 bits per heavy atom. The molecular formula is C6H18Si2. The summed E-state index contributed by atoms with van der Waals surface area (Å²) in [5, 5.41) is 0. The summed E-state index contributed by atoms with van der Waals surface area (Å²) in [6, 6.07) is 3.03. The van der Waals surface area contributed by atoms with E-state index in [2.05, 4.69) is 26.9 Å². The Kier molecular flexibility index (Phi) is 3.65. The molecule has 0 fully saturated rings. The van der Waals surface area contributed by atoms with E-state index < -0.39 is 7.59 Å². The summed E-state index contributed by atoms with van der Waals surface area (Å²) in [6.45, 7) is 9.76. The topological polar surface area (TPSA) is 0 Å². The molecule has 2 heteroatoms. The second-order valence-electron chi connectivity index (χ2n) is 3.27. The van der Waals surface area contributed by atoms with Gasteiger partial charge in [0.05, 0.1) is 0 Å². The summed E-state index contributed by atoms with van der Waals surface area (Å²) in [4.78, 5) is 0. The molecule has 0 N–H and O–H groups in total. The van der Waals surface area contributed by atoms with Gasteiger partial charge in [-0.1, -0.05) is 39.0 Å². The van der Waals surface area contributed by atoms with Crippen molar-refractivity contribution in [2.45, 2.75) is 39.0 Å². The van der Waals surface area contributed by atoms with E-state index in [-0.39, 0.29) is 0 Å². The predicted octanol–water partition coefficient (Wildman–Crippen LogP) is 1.82. The van der Waals surface area contributed by atoms with Crippen LogP contribution in [0.2, 0.25) is 25.2 Å². The zero-order chi connectivity index (χ0) is 6.62. The highest BCUT2D eigenvalue weighted by atomic mass is 29.2. The van der Waals surface area contributed by atoms with E-state index in [0.29, 0.717) is 9.04 Å². The minimum atomic E-state index is -0.538. The molecule has 0 unspecified atom stereocenters. The standard InChI is InChI=1S/C6H18Si2/c1-5-7-8(3,4)6-2/h5-7H2,1-4H3. The predicted molar refractivity (Wildman–Crippen MR) is 47.0 cm³/mol. The first-order chi connectivity index (χ1) is 3.62. The quantitative estimate of drug-likeness (QED) is 0.533. The van der Waals surface area contributed by atoms with Crippen LogP contribution in [0, 0.1) is 0 Å². The number of hydrogen-bond acceptors (Lipinski definition) is 0. The van der Waals surface area contributed by atoms with Crippen molar-refractivity contribution in [2.75, 3.05) is 0 Å². The lowest BCUT2D eigenvalue weighted by Crippen LogP contribution is -2.32. The average Bonchev–Trinajstić information content (AvgIpc) is 1.67. The van der Waals surface area contributed by atoms with Crippen molar-refractivity contribution in [3.8, 4) is 0 Å². The van der Waals surface area contributed by atoms with Gasteiger partial charge in [-0.2, -0.15) is 0 Å². The van der Waals surface area contributed by atoms with Gasteiger partial charge >= 0.3 is 0 Å². The van der Waals surface area contributed by atoms with Crippen LogP contribution in [0.5, 0.6) is 0 Å². The lowest BCUT2D eigenvalue weighted by Gasteiger charge is -2.17. The van der Waals surface area contributed by atoms with Crippen LogP contribution >= 0.6 is 0 Å². The van der Waals surface area contributed by atoms with Crippen LogP contribution in [0.1, 0.15) is 13.8 Å². The van der Waals surface area contributed by atoms with Crippen LogP contribution in [0.25, 0.3) is 0 Å². The molecule has 0 spiro atoms. The zero-order valence-electron chi connectivity index (χ0n) is 6.62. The first kappa shape index (κ1) is 8.43. The maximum Gasteiger partial charge on any atom is 0.0337 e. The van der Waals surface area contributed by atoms with Gasteiger partial charge in [0.15, 0.2) is 0 Å². The van der Waals surface area contributed by atoms with Crippen LogP contribution in [-0.2, 0) is 0 Å². The molecule has 0 bridgehead atoms. The fraction of sp³-hybridized carbons (Fsp3) is 1.00. The summed E-state index contributed by atoms with van der Waals surface area (Å²) in [7, 11) is -0.150. The highest BCUT2D eigenvalue weighted by molar-refractivity contribution is 7.23. The van der Waals surface area contributed by atoms with E-state index in [4.69, 9.17) is 0 Å². The van der Waals surface area contributed by atoms with E-state index >= 15 is 0 Å². The van der Waals surface area contributed by atoms with Crippen molar-refractivity contribution in [3.63, 3.8) is 0 Å². The van der Waals surface area contributed by atoms with Gasteiger partial charge in [0.2, 0.25) is 0 Å². The Morgan fingerprint density at radius 1 is 1.25 bits per heavy atom. The number of rotatable bonds is 3. The maximum atomic E-state index is 2.53. The zero-order valence-corrected chi connectivity index (χ0v) is 9.04. The van der Waals surface area contributed by atoms with Crippen LogP contribution in [0.3, 0.4) is 0 Å². The average molecular weight is 146 g/mol. The van der Waals surface area contributed by atoms with Crippen molar-refractivity contribution in [2.24, 2.45) is 0 Å². The van der Waals surface area contributed by atoms with Crippen LogP contribution in [-0.4, -0.2) is 16.6 Å². The molecule has 0 rings (SSSR count). The van der Waals surface area contributed by atoms with Gasteiger partial charge in [0.1, 0.15) is 0 Å². The third-order valence-corrected chi connectivity index (χ3v) is 12.7. The first-order valence-corrected chi connectivity index (χ1v) is 10.2. The molecule has 0 aromatic rings. The Morgan fingerprint density at radius 3 is 1.88 bits per heavy atom. The van der Waals surface area contributed by atoms with E-state index in [1.54, 1.807) is 0 Å². The molecule has 0 aromatic carbocycles. The molecule has 0 saturated carbocycles. The summed E-state index contributed by atoms with van der Waals surface area (Å²) in [6.07, 6.45) is 0. The van der Waals surface area contributed by atoms with Crippen molar-refractivity contribution < 1.29 is 0 Å². The van der Waals surface area contributed by atoms with Gasteiger partial charge in [-0.15, -0.1) is 0 Å². The minimum absolute atomic E-state index is 0.389. The summed E-state index contributed by atoms with van der Waals surface area (Å²) in [5.74, 6) is 0. The van der Waals surface area contributed by atoms with Gasteiger partial charge < -0.3 is 0 Å². The van der Waals surface area contributed by atoms with Gasteiger partial charge in [0, 0.05) is 16.6 Å². The third-order valence-electron chi connectivity index (χ3n) is 1.88. The Bertz CT molecular complexity index is 59.5. The molecule has 0 aliphatic rings. The first-order valence-electron chi connectivity index (χ1n) is 3.62. The minimum Gasteiger partial charge on any atom is -0.0718 e. The molecule has 50 valence electrons. The molecular weight excluding hydrogens is 128 g/mol. The van der Waals surface area contributed by atoms with Gasteiger partial charge in [0.25, 0.3) is 0 Å². The molecule has 0 radical (unpaired) electrons. The SMILES string of the molecule is CC[SiH2][Si](C)(C)CC.